The third-order valence-electron chi connectivity index (χ3n) is 5.67. The largest absolute Gasteiger partial charge is 0.473 e. The molecule has 0 N–H and O–H groups in total. The first-order valence-corrected chi connectivity index (χ1v) is 9.79. The van der Waals surface area contributed by atoms with Crippen LogP contribution < -0.4 is 9.47 Å². The number of hydrogen-bond acceptors (Lipinski definition) is 2. The smallest absolute Gasteiger partial charge is 0.185 e. The fourth-order valence-electron chi connectivity index (χ4n) is 4.37. The lowest BCUT2D eigenvalue weighted by atomic mass is 9.78. The minimum atomic E-state index is -0.745. The van der Waals surface area contributed by atoms with E-state index in [0.29, 0.717) is 0 Å². The summed E-state index contributed by atoms with van der Waals surface area (Å²) in [5.74, 6) is 2.53. The van der Waals surface area contributed by atoms with Crippen molar-refractivity contribution < 1.29 is 9.47 Å². The van der Waals surface area contributed by atoms with Gasteiger partial charge >= 0.3 is 0 Å². The zero-order valence-corrected chi connectivity index (χ0v) is 15.7. The number of benzene rings is 4. The van der Waals surface area contributed by atoms with Crippen LogP contribution in [0.25, 0.3) is 5.57 Å². The molecular weight excluding hydrogens is 356 g/mol. The van der Waals surface area contributed by atoms with Gasteiger partial charge in [-0.15, -0.1) is 0 Å². The topological polar surface area (TPSA) is 18.5 Å². The van der Waals surface area contributed by atoms with E-state index in [1.807, 2.05) is 54.6 Å². The van der Waals surface area contributed by atoms with Crippen molar-refractivity contribution in [3.63, 3.8) is 0 Å². The average Bonchev–Trinajstić information content (AvgIpc) is 2.79. The van der Waals surface area contributed by atoms with Crippen LogP contribution in [0.2, 0.25) is 0 Å². The molecular formula is C27H18O2. The second kappa shape index (κ2) is 6.11. The van der Waals surface area contributed by atoms with E-state index < -0.39 is 5.60 Å². The molecule has 4 aromatic rings. The lowest BCUT2D eigenvalue weighted by Gasteiger charge is -2.41. The fraction of sp³-hybridized carbons (Fsp3) is 0.0370. The first-order valence-electron chi connectivity index (χ1n) is 9.79. The molecule has 0 saturated carbocycles. The Hall–Kier alpha value is -3.78. The number of ether oxygens (including phenoxy) is 2. The summed E-state index contributed by atoms with van der Waals surface area (Å²) < 4.78 is 13.0. The Morgan fingerprint density at radius 2 is 1.07 bits per heavy atom. The predicted molar refractivity (Wildman–Crippen MR) is 114 cm³/mol. The first kappa shape index (κ1) is 16.2. The lowest BCUT2D eigenvalue weighted by molar-refractivity contribution is 0.145. The van der Waals surface area contributed by atoms with Gasteiger partial charge in [0, 0.05) is 16.7 Å². The Kier molecular flexibility index (Phi) is 3.41. The second-order valence-electron chi connectivity index (χ2n) is 7.35. The maximum atomic E-state index is 6.81. The van der Waals surface area contributed by atoms with Gasteiger partial charge in [-0.25, -0.2) is 0 Å². The normalized spacial score (nSPS) is 15.2. The molecule has 1 spiro atoms. The maximum absolute atomic E-state index is 6.81. The minimum absolute atomic E-state index is 0.745. The van der Waals surface area contributed by atoms with Crippen LogP contribution in [0.3, 0.4) is 0 Å². The summed E-state index contributed by atoms with van der Waals surface area (Å²) in [5.41, 5.74) is 4.72. The summed E-state index contributed by atoms with van der Waals surface area (Å²) in [5, 5.41) is 0. The monoisotopic (exact) mass is 374 g/mol. The SMILES string of the molecule is C1=C(c2ccccc2)c2ccccc2OC12c1ccccc1Oc1ccccc12. The molecule has 0 unspecified atom stereocenters. The third-order valence-corrected chi connectivity index (χ3v) is 5.67. The van der Waals surface area contributed by atoms with Crippen molar-refractivity contribution in [3.8, 4) is 17.2 Å². The molecule has 138 valence electrons. The third kappa shape index (κ3) is 2.36. The van der Waals surface area contributed by atoms with Crippen LogP contribution in [0.4, 0.5) is 0 Å². The van der Waals surface area contributed by atoms with Crippen LogP contribution in [0.1, 0.15) is 22.3 Å². The molecule has 0 aliphatic carbocycles. The fourth-order valence-corrected chi connectivity index (χ4v) is 4.37. The van der Waals surface area contributed by atoms with Gasteiger partial charge in [-0.2, -0.15) is 0 Å². The molecule has 0 radical (unpaired) electrons. The zero-order valence-electron chi connectivity index (χ0n) is 15.7. The summed E-state index contributed by atoms with van der Waals surface area (Å²) >= 11 is 0. The molecule has 0 aromatic heterocycles. The standard InChI is InChI=1S/C27H18O2/c1-2-10-19(11-3-1)21-18-27(29-24-15-7-4-12-20(21)24)22-13-5-8-16-25(22)28-26-17-9-6-14-23(26)27/h1-18H. The van der Waals surface area contributed by atoms with Crippen molar-refractivity contribution in [1.82, 2.24) is 0 Å². The van der Waals surface area contributed by atoms with Crippen LogP contribution in [0, 0.1) is 0 Å². The van der Waals surface area contributed by atoms with E-state index in [-0.39, 0.29) is 0 Å². The van der Waals surface area contributed by atoms with Gasteiger partial charge in [-0.1, -0.05) is 84.9 Å². The average molecular weight is 374 g/mol. The highest BCUT2D eigenvalue weighted by molar-refractivity contribution is 5.86. The van der Waals surface area contributed by atoms with E-state index in [1.165, 1.54) is 11.1 Å². The minimum Gasteiger partial charge on any atom is -0.473 e. The van der Waals surface area contributed by atoms with E-state index in [2.05, 4.69) is 54.6 Å². The van der Waals surface area contributed by atoms with Crippen LogP contribution in [-0.2, 0) is 5.60 Å². The Labute approximate surface area is 169 Å². The highest BCUT2D eigenvalue weighted by atomic mass is 16.5. The number of para-hydroxylation sites is 3. The van der Waals surface area contributed by atoms with Crippen molar-refractivity contribution in [3.05, 3.63) is 131 Å². The molecule has 2 heterocycles. The molecule has 0 atom stereocenters. The molecule has 29 heavy (non-hydrogen) atoms. The summed E-state index contributed by atoms with van der Waals surface area (Å²) in [4.78, 5) is 0. The molecule has 0 fully saturated rings. The van der Waals surface area contributed by atoms with Gasteiger partial charge in [-0.3, -0.25) is 0 Å². The summed E-state index contributed by atoms with van der Waals surface area (Å²) in [6, 6.07) is 35.0. The Morgan fingerprint density at radius 3 is 1.76 bits per heavy atom. The molecule has 0 saturated heterocycles. The van der Waals surface area contributed by atoms with E-state index in [4.69, 9.17) is 9.47 Å². The number of rotatable bonds is 1. The van der Waals surface area contributed by atoms with Crippen molar-refractivity contribution in [2.45, 2.75) is 5.60 Å². The van der Waals surface area contributed by atoms with Crippen molar-refractivity contribution in [1.29, 1.82) is 0 Å². The highest BCUT2D eigenvalue weighted by Crippen LogP contribution is 2.54. The molecule has 6 rings (SSSR count). The van der Waals surface area contributed by atoms with E-state index in [1.54, 1.807) is 0 Å². The Morgan fingerprint density at radius 1 is 0.517 bits per heavy atom. The predicted octanol–water partition coefficient (Wildman–Crippen LogP) is 6.56. The zero-order chi connectivity index (χ0) is 19.3. The summed E-state index contributed by atoms with van der Waals surface area (Å²) in [6.07, 6.45) is 2.25. The van der Waals surface area contributed by atoms with Crippen LogP contribution >= 0.6 is 0 Å². The van der Waals surface area contributed by atoms with Gasteiger partial charge in [0.2, 0.25) is 0 Å². The van der Waals surface area contributed by atoms with Gasteiger partial charge in [0.1, 0.15) is 17.2 Å². The molecule has 2 nitrogen and oxygen atoms in total. The quantitative estimate of drug-likeness (QED) is 0.376. The van der Waals surface area contributed by atoms with Gasteiger partial charge in [0.15, 0.2) is 5.60 Å². The highest BCUT2D eigenvalue weighted by Gasteiger charge is 2.45. The Balaban J connectivity index is 1.71. The van der Waals surface area contributed by atoms with Crippen LogP contribution in [-0.4, -0.2) is 0 Å². The number of fused-ring (bicyclic) bond motifs is 5. The van der Waals surface area contributed by atoms with Gasteiger partial charge < -0.3 is 9.47 Å². The molecule has 2 heteroatoms. The molecule has 4 aromatic carbocycles. The van der Waals surface area contributed by atoms with Gasteiger partial charge in [0.05, 0.1) is 0 Å². The van der Waals surface area contributed by atoms with Crippen LogP contribution in [0.15, 0.2) is 109 Å². The summed E-state index contributed by atoms with van der Waals surface area (Å²) in [7, 11) is 0. The maximum Gasteiger partial charge on any atom is 0.185 e. The van der Waals surface area contributed by atoms with E-state index in [0.717, 1.165) is 33.9 Å². The molecule has 0 bridgehead atoms. The molecule has 2 aliphatic rings. The van der Waals surface area contributed by atoms with Crippen molar-refractivity contribution in [2.75, 3.05) is 0 Å². The lowest BCUT2D eigenvalue weighted by Crippen LogP contribution is -2.37. The van der Waals surface area contributed by atoms with Gasteiger partial charge in [0.25, 0.3) is 0 Å². The molecule has 0 amide bonds. The van der Waals surface area contributed by atoms with Crippen molar-refractivity contribution in [2.24, 2.45) is 0 Å². The van der Waals surface area contributed by atoms with E-state index in [9.17, 15) is 0 Å². The van der Waals surface area contributed by atoms with Crippen LogP contribution in [0.5, 0.6) is 17.2 Å². The number of hydrogen-bond donors (Lipinski definition) is 0. The van der Waals surface area contributed by atoms with Gasteiger partial charge in [-0.05, 0) is 35.4 Å². The van der Waals surface area contributed by atoms with E-state index >= 15 is 0 Å². The second-order valence-corrected chi connectivity index (χ2v) is 7.35. The Bertz CT molecular complexity index is 1210. The van der Waals surface area contributed by atoms with Crippen molar-refractivity contribution >= 4 is 5.57 Å². The summed E-state index contributed by atoms with van der Waals surface area (Å²) in [6.45, 7) is 0. The first-order chi connectivity index (χ1) is 14.4. The molecule has 2 aliphatic heterocycles.